The molecule has 2 aromatic carbocycles. The van der Waals surface area contributed by atoms with Crippen molar-refractivity contribution in [1.82, 2.24) is 4.90 Å². The van der Waals surface area contributed by atoms with Crippen LogP contribution in [0.25, 0.3) is 4.85 Å². The van der Waals surface area contributed by atoms with Gasteiger partial charge in [-0.3, -0.25) is 4.79 Å². The molecule has 0 amide bonds. The quantitative estimate of drug-likeness (QED) is 0.343. The lowest BCUT2D eigenvalue weighted by atomic mass is 9.59. The summed E-state index contributed by atoms with van der Waals surface area (Å²) in [6.45, 7) is 15.9. The number of esters is 1. The van der Waals surface area contributed by atoms with Crippen molar-refractivity contribution in [2.45, 2.75) is 57.5 Å². The third-order valence-electron chi connectivity index (χ3n) is 9.08. The Kier molecular flexibility index (Phi) is 7.73. The van der Waals surface area contributed by atoms with E-state index in [1.807, 2.05) is 24.3 Å². The van der Waals surface area contributed by atoms with Crippen LogP contribution in [0.1, 0.15) is 50.2 Å². The molecule has 1 unspecified atom stereocenters. The number of benzene rings is 2. The second-order valence-electron chi connectivity index (χ2n) is 11.5. The van der Waals surface area contributed by atoms with Crippen LogP contribution in [0.3, 0.4) is 0 Å². The minimum absolute atomic E-state index is 0.0316. The van der Waals surface area contributed by atoms with Crippen molar-refractivity contribution in [3.63, 3.8) is 0 Å². The Labute approximate surface area is 227 Å². The molecule has 0 aromatic heterocycles. The third-order valence-corrected chi connectivity index (χ3v) is 9.08. The number of hydrogen-bond acceptors (Lipinski definition) is 5. The number of nitrogens with zero attached hydrogens (tertiary/aromatic N) is 4. The van der Waals surface area contributed by atoms with Crippen LogP contribution in [-0.2, 0) is 14.9 Å². The number of carbonyl (C=O) groups is 1. The van der Waals surface area contributed by atoms with Crippen LogP contribution in [0, 0.1) is 42.6 Å². The second-order valence-corrected chi connectivity index (χ2v) is 11.5. The maximum absolute atomic E-state index is 11.9. The Morgan fingerprint density at radius 3 is 2.50 bits per heavy atom. The molecule has 2 heterocycles. The number of carbonyl (C=O) groups excluding carboxylic acids is 1. The minimum Gasteiger partial charge on any atom is -0.462 e. The van der Waals surface area contributed by atoms with E-state index in [-0.39, 0.29) is 23.9 Å². The standard InChI is InChI=1S/C32H38N4O2/c1-23-6-4-7-27(18-23)32(22-33,30-8-5-9-31(30)38-24(2)37)26-14-16-35(17-15-26)19-25-20-36(21-25)29-12-10-28(34-3)11-13-29/h4,6-7,10-13,18,25-26,30-31H,5,8-9,14-17,19-21H2,1-2H3/t30-,31-,32?/m1/s1. The van der Waals surface area contributed by atoms with Gasteiger partial charge in [-0.25, -0.2) is 4.85 Å². The van der Waals surface area contributed by atoms with E-state index in [0.29, 0.717) is 11.6 Å². The van der Waals surface area contributed by atoms with Gasteiger partial charge in [0, 0.05) is 44.1 Å². The molecule has 1 aliphatic carbocycles. The highest BCUT2D eigenvalue weighted by Crippen LogP contribution is 2.51. The van der Waals surface area contributed by atoms with Crippen LogP contribution >= 0.6 is 0 Å². The fraction of sp³-hybridized carbons (Fsp3) is 0.531. The molecule has 6 heteroatoms. The van der Waals surface area contributed by atoms with E-state index in [0.717, 1.165) is 70.4 Å². The first-order valence-corrected chi connectivity index (χ1v) is 14.0. The van der Waals surface area contributed by atoms with Crippen molar-refractivity contribution in [3.05, 3.63) is 71.1 Å². The molecule has 2 aromatic rings. The van der Waals surface area contributed by atoms with Crippen molar-refractivity contribution in [2.24, 2.45) is 17.8 Å². The van der Waals surface area contributed by atoms with Gasteiger partial charge in [-0.15, -0.1) is 0 Å². The highest BCUT2D eigenvalue weighted by atomic mass is 16.5. The molecule has 3 atom stereocenters. The molecule has 1 saturated carbocycles. The van der Waals surface area contributed by atoms with Gasteiger partial charge in [-0.05, 0) is 75.7 Å². The average molecular weight is 511 g/mol. The molecule has 38 heavy (non-hydrogen) atoms. The lowest BCUT2D eigenvalue weighted by molar-refractivity contribution is -0.149. The number of piperidine rings is 1. The van der Waals surface area contributed by atoms with Crippen LogP contribution in [0.4, 0.5) is 11.4 Å². The zero-order chi connectivity index (χ0) is 26.7. The minimum atomic E-state index is -0.639. The van der Waals surface area contributed by atoms with Gasteiger partial charge in [0.05, 0.1) is 18.1 Å². The van der Waals surface area contributed by atoms with Crippen LogP contribution < -0.4 is 4.90 Å². The topological polar surface area (TPSA) is 60.9 Å². The third kappa shape index (κ3) is 5.16. The molecule has 0 N–H and O–H groups in total. The number of likely N-dealkylation sites (tertiary alicyclic amines) is 1. The number of rotatable bonds is 7. The van der Waals surface area contributed by atoms with Gasteiger partial charge in [0.25, 0.3) is 0 Å². The lowest BCUT2D eigenvalue weighted by Gasteiger charge is -2.48. The summed E-state index contributed by atoms with van der Waals surface area (Å²) in [4.78, 5) is 20.4. The monoisotopic (exact) mass is 510 g/mol. The van der Waals surface area contributed by atoms with Crippen LogP contribution in [-0.4, -0.2) is 49.7 Å². The number of anilines is 1. The molecular weight excluding hydrogens is 472 g/mol. The molecular formula is C32H38N4O2. The van der Waals surface area contributed by atoms with E-state index in [2.05, 4.69) is 51.9 Å². The maximum atomic E-state index is 11.9. The number of hydrogen-bond donors (Lipinski definition) is 0. The molecule has 0 spiro atoms. The first-order chi connectivity index (χ1) is 18.4. The van der Waals surface area contributed by atoms with E-state index in [1.165, 1.54) is 18.2 Å². The molecule has 3 fully saturated rings. The summed E-state index contributed by atoms with van der Waals surface area (Å²) in [6.07, 6.45) is 4.55. The molecule has 198 valence electrons. The second kappa shape index (κ2) is 11.2. The van der Waals surface area contributed by atoms with Crippen molar-refractivity contribution < 1.29 is 9.53 Å². The van der Waals surface area contributed by atoms with Gasteiger partial charge < -0.3 is 14.5 Å². The summed E-state index contributed by atoms with van der Waals surface area (Å²) >= 11 is 0. The highest BCUT2D eigenvalue weighted by molar-refractivity contribution is 5.66. The first-order valence-electron chi connectivity index (χ1n) is 14.0. The van der Waals surface area contributed by atoms with E-state index >= 15 is 0 Å². The van der Waals surface area contributed by atoms with Crippen LogP contribution in [0.2, 0.25) is 0 Å². The Balaban J connectivity index is 1.26. The summed E-state index contributed by atoms with van der Waals surface area (Å²) < 4.78 is 5.81. The largest absolute Gasteiger partial charge is 0.462 e. The summed E-state index contributed by atoms with van der Waals surface area (Å²) in [5.74, 6) is 0.673. The zero-order valence-electron chi connectivity index (χ0n) is 22.6. The number of nitriles is 1. The van der Waals surface area contributed by atoms with Gasteiger partial charge in [0.1, 0.15) is 6.10 Å². The van der Waals surface area contributed by atoms with Crippen molar-refractivity contribution in [2.75, 3.05) is 37.6 Å². The molecule has 2 saturated heterocycles. The van der Waals surface area contributed by atoms with Crippen LogP contribution in [0.5, 0.6) is 0 Å². The van der Waals surface area contributed by atoms with Crippen molar-refractivity contribution >= 4 is 17.3 Å². The van der Waals surface area contributed by atoms with Gasteiger partial charge in [-0.2, -0.15) is 5.26 Å². The zero-order valence-corrected chi connectivity index (χ0v) is 22.6. The van der Waals surface area contributed by atoms with Gasteiger partial charge >= 0.3 is 5.97 Å². The fourth-order valence-corrected chi connectivity index (χ4v) is 7.26. The predicted octanol–water partition coefficient (Wildman–Crippen LogP) is 5.89. The van der Waals surface area contributed by atoms with Crippen molar-refractivity contribution in [1.29, 1.82) is 5.26 Å². The number of aryl methyl sites for hydroxylation is 1. The number of ether oxygens (including phenoxy) is 1. The molecule has 3 aliphatic rings. The van der Waals surface area contributed by atoms with Gasteiger partial charge in [0.2, 0.25) is 0 Å². The summed E-state index contributed by atoms with van der Waals surface area (Å²) in [5.41, 5.74) is 3.51. The Hall–Kier alpha value is -3.35. The van der Waals surface area contributed by atoms with E-state index in [9.17, 15) is 10.1 Å². The summed E-state index contributed by atoms with van der Waals surface area (Å²) in [5, 5.41) is 10.9. The Bertz CT molecular complexity index is 1220. The first kappa shape index (κ1) is 26.3. The van der Waals surface area contributed by atoms with Crippen molar-refractivity contribution in [3.8, 4) is 6.07 Å². The average Bonchev–Trinajstić information content (AvgIpc) is 3.35. The van der Waals surface area contributed by atoms with Gasteiger partial charge in [0.15, 0.2) is 5.69 Å². The SMILES string of the molecule is [C-]#[N+]c1ccc(N2CC(CN3CCC(C(C#N)(c4cccc(C)c4)[C@@H]4CCC[C@H]4OC(C)=O)CC3)C2)cc1. The smallest absolute Gasteiger partial charge is 0.302 e. The molecule has 0 bridgehead atoms. The van der Waals surface area contributed by atoms with Gasteiger partial charge in [-0.1, -0.05) is 42.0 Å². The highest BCUT2D eigenvalue weighted by Gasteiger charge is 2.53. The fourth-order valence-electron chi connectivity index (χ4n) is 7.26. The lowest BCUT2D eigenvalue weighted by Crippen LogP contribution is -2.54. The Morgan fingerprint density at radius 1 is 1.13 bits per heavy atom. The Morgan fingerprint density at radius 2 is 1.87 bits per heavy atom. The molecule has 2 aliphatic heterocycles. The van der Waals surface area contributed by atoms with Crippen LogP contribution in [0.15, 0.2) is 48.5 Å². The molecule has 5 rings (SSSR count). The van der Waals surface area contributed by atoms with E-state index in [1.54, 1.807) is 0 Å². The maximum Gasteiger partial charge on any atom is 0.302 e. The normalized spacial score (nSPS) is 24.2. The molecule has 6 nitrogen and oxygen atoms in total. The summed E-state index contributed by atoms with van der Waals surface area (Å²) in [7, 11) is 0. The van der Waals surface area contributed by atoms with E-state index in [4.69, 9.17) is 11.3 Å². The predicted molar refractivity (Wildman–Crippen MR) is 149 cm³/mol. The summed E-state index contributed by atoms with van der Waals surface area (Å²) in [6, 6.07) is 19.2. The van der Waals surface area contributed by atoms with E-state index < -0.39 is 5.41 Å². The molecule has 0 radical (unpaired) electrons.